The lowest BCUT2D eigenvalue weighted by Crippen LogP contribution is -2.00. The van der Waals surface area contributed by atoms with E-state index >= 15 is 0 Å². The predicted octanol–water partition coefficient (Wildman–Crippen LogP) is 2.46. The summed E-state index contributed by atoms with van der Waals surface area (Å²) in [7, 11) is 3.29. The fourth-order valence-electron chi connectivity index (χ4n) is 1.86. The Morgan fingerprint density at radius 1 is 1.25 bits per heavy atom. The Bertz CT molecular complexity index is 491. The van der Waals surface area contributed by atoms with Gasteiger partial charge in [-0.15, -0.1) is 0 Å². The Morgan fingerprint density at radius 2 is 2.06 bits per heavy atom. The Hall–Kier alpha value is -1.71. The molecule has 4 heteroatoms. The van der Waals surface area contributed by atoms with Gasteiger partial charge in [0, 0.05) is 6.54 Å². The van der Waals surface area contributed by atoms with Crippen molar-refractivity contribution in [3.05, 3.63) is 18.2 Å². The molecule has 0 amide bonds. The monoisotopic (exact) mass is 220 g/mol. The molecule has 16 heavy (non-hydrogen) atoms. The van der Waals surface area contributed by atoms with Gasteiger partial charge in [0.2, 0.25) is 0 Å². The first-order valence-electron chi connectivity index (χ1n) is 5.39. The van der Waals surface area contributed by atoms with Gasteiger partial charge in [0.1, 0.15) is 11.3 Å². The minimum Gasteiger partial charge on any atom is -0.494 e. The van der Waals surface area contributed by atoms with Crippen LogP contribution in [-0.4, -0.2) is 23.8 Å². The summed E-state index contributed by atoms with van der Waals surface area (Å²) in [5.74, 6) is 0.783. The van der Waals surface area contributed by atoms with Crippen LogP contribution in [0.3, 0.4) is 0 Å². The highest BCUT2D eigenvalue weighted by Gasteiger charge is 2.13. The normalized spacial score (nSPS) is 10.7. The molecule has 2 rings (SSSR count). The first-order valence-corrected chi connectivity index (χ1v) is 5.39. The van der Waals surface area contributed by atoms with Crippen molar-refractivity contribution in [1.29, 1.82) is 0 Å². The topological polar surface area (TPSA) is 36.3 Å². The summed E-state index contributed by atoms with van der Waals surface area (Å²) in [6.07, 6.45) is 1.04. The fourth-order valence-corrected chi connectivity index (χ4v) is 1.86. The van der Waals surface area contributed by atoms with Crippen molar-refractivity contribution >= 4 is 11.0 Å². The van der Waals surface area contributed by atoms with Crippen LogP contribution in [0.2, 0.25) is 0 Å². The number of hydrogen-bond acceptors (Lipinski definition) is 3. The van der Waals surface area contributed by atoms with E-state index in [1.807, 2.05) is 18.2 Å². The van der Waals surface area contributed by atoms with Crippen LogP contribution in [0.4, 0.5) is 0 Å². The minimum absolute atomic E-state index is 0.640. The highest BCUT2D eigenvalue weighted by molar-refractivity contribution is 5.83. The van der Waals surface area contributed by atoms with Crippen molar-refractivity contribution in [1.82, 2.24) is 9.55 Å². The molecule has 0 spiro atoms. The number of rotatable bonds is 4. The zero-order valence-corrected chi connectivity index (χ0v) is 9.86. The Kier molecular flexibility index (Phi) is 2.99. The SMILES string of the molecule is CCCn1c(OC)nc2c(OC)cccc21. The Morgan fingerprint density at radius 3 is 2.69 bits per heavy atom. The average Bonchev–Trinajstić information content (AvgIpc) is 2.68. The maximum Gasteiger partial charge on any atom is 0.297 e. The van der Waals surface area contributed by atoms with Crippen LogP contribution >= 0.6 is 0 Å². The van der Waals surface area contributed by atoms with Gasteiger partial charge in [-0.1, -0.05) is 13.0 Å². The first-order chi connectivity index (χ1) is 7.81. The second-order valence-electron chi connectivity index (χ2n) is 3.58. The molecule has 0 unspecified atom stereocenters. The zero-order valence-electron chi connectivity index (χ0n) is 9.86. The Labute approximate surface area is 94.8 Å². The molecule has 0 aliphatic rings. The maximum absolute atomic E-state index is 5.29. The van der Waals surface area contributed by atoms with Crippen LogP contribution in [-0.2, 0) is 6.54 Å². The summed E-state index contributed by atoms with van der Waals surface area (Å²) in [4.78, 5) is 4.44. The molecule has 2 aromatic rings. The van der Waals surface area contributed by atoms with E-state index in [0.717, 1.165) is 29.7 Å². The van der Waals surface area contributed by atoms with Crippen LogP contribution < -0.4 is 9.47 Å². The third kappa shape index (κ3) is 1.60. The summed E-state index contributed by atoms with van der Waals surface area (Å²) in [5, 5.41) is 0. The van der Waals surface area contributed by atoms with Crippen molar-refractivity contribution < 1.29 is 9.47 Å². The van der Waals surface area contributed by atoms with E-state index in [1.54, 1.807) is 14.2 Å². The van der Waals surface area contributed by atoms with E-state index in [4.69, 9.17) is 9.47 Å². The molecule has 0 atom stereocenters. The van der Waals surface area contributed by atoms with Gasteiger partial charge in [-0.2, -0.15) is 4.98 Å². The average molecular weight is 220 g/mol. The molecule has 1 aromatic heterocycles. The molecule has 0 N–H and O–H groups in total. The molecule has 0 radical (unpaired) electrons. The number of ether oxygens (including phenoxy) is 2. The van der Waals surface area contributed by atoms with Crippen molar-refractivity contribution in [3.63, 3.8) is 0 Å². The van der Waals surface area contributed by atoms with Crippen LogP contribution in [0.15, 0.2) is 18.2 Å². The number of hydrogen-bond donors (Lipinski definition) is 0. The molecular formula is C12H16N2O2. The number of para-hydroxylation sites is 1. The standard InChI is InChI=1S/C12H16N2O2/c1-4-8-14-9-6-5-7-10(15-2)11(9)13-12(14)16-3/h5-7H,4,8H2,1-3H3. The minimum atomic E-state index is 0.640. The van der Waals surface area contributed by atoms with Gasteiger partial charge >= 0.3 is 0 Å². The summed E-state index contributed by atoms with van der Waals surface area (Å²) in [6.45, 7) is 3.03. The molecular weight excluding hydrogens is 204 g/mol. The van der Waals surface area contributed by atoms with Gasteiger partial charge in [-0.05, 0) is 18.6 Å². The molecule has 0 aliphatic carbocycles. The van der Waals surface area contributed by atoms with E-state index in [-0.39, 0.29) is 0 Å². The largest absolute Gasteiger partial charge is 0.494 e. The fraction of sp³-hybridized carbons (Fsp3) is 0.417. The Balaban J connectivity index is 2.66. The van der Waals surface area contributed by atoms with E-state index in [0.29, 0.717) is 6.01 Å². The van der Waals surface area contributed by atoms with Crippen LogP contribution in [0.1, 0.15) is 13.3 Å². The summed E-state index contributed by atoms with van der Waals surface area (Å²) in [5.41, 5.74) is 1.91. The number of methoxy groups -OCH3 is 2. The first kappa shape index (κ1) is 10.8. The molecule has 0 fully saturated rings. The van der Waals surface area contributed by atoms with Crippen molar-refractivity contribution in [3.8, 4) is 11.8 Å². The van der Waals surface area contributed by atoms with Crippen molar-refractivity contribution in [2.75, 3.05) is 14.2 Å². The van der Waals surface area contributed by atoms with Gasteiger partial charge in [-0.3, -0.25) is 4.57 Å². The van der Waals surface area contributed by atoms with Crippen molar-refractivity contribution in [2.45, 2.75) is 19.9 Å². The van der Waals surface area contributed by atoms with Crippen LogP contribution in [0, 0.1) is 0 Å². The molecule has 4 nitrogen and oxygen atoms in total. The smallest absolute Gasteiger partial charge is 0.297 e. The second-order valence-corrected chi connectivity index (χ2v) is 3.58. The highest BCUT2D eigenvalue weighted by Crippen LogP contribution is 2.28. The summed E-state index contributed by atoms with van der Waals surface area (Å²) in [6, 6.07) is 6.55. The molecule has 1 heterocycles. The molecule has 86 valence electrons. The van der Waals surface area contributed by atoms with Crippen LogP contribution in [0.5, 0.6) is 11.8 Å². The predicted molar refractivity (Wildman–Crippen MR) is 63.1 cm³/mol. The number of aryl methyl sites for hydroxylation is 1. The van der Waals surface area contributed by atoms with E-state index in [2.05, 4.69) is 16.5 Å². The van der Waals surface area contributed by atoms with Gasteiger partial charge < -0.3 is 9.47 Å². The summed E-state index contributed by atoms with van der Waals surface area (Å²) < 4.78 is 12.6. The molecule has 1 aromatic carbocycles. The molecule has 0 saturated carbocycles. The van der Waals surface area contributed by atoms with E-state index < -0.39 is 0 Å². The van der Waals surface area contributed by atoms with Crippen LogP contribution in [0.25, 0.3) is 11.0 Å². The zero-order chi connectivity index (χ0) is 11.5. The number of imidazole rings is 1. The number of nitrogens with zero attached hydrogens (tertiary/aromatic N) is 2. The number of aromatic nitrogens is 2. The van der Waals surface area contributed by atoms with E-state index in [1.165, 1.54) is 0 Å². The van der Waals surface area contributed by atoms with Crippen molar-refractivity contribution in [2.24, 2.45) is 0 Å². The summed E-state index contributed by atoms with van der Waals surface area (Å²) >= 11 is 0. The third-order valence-corrected chi connectivity index (χ3v) is 2.56. The highest BCUT2D eigenvalue weighted by atomic mass is 16.5. The van der Waals surface area contributed by atoms with Gasteiger partial charge in [-0.25, -0.2) is 0 Å². The van der Waals surface area contributed by atoms with Gasteiger partial charge in [0.15, 0.2) is 0 Å². The lowest BCUT2D eigenvalue weighted by atomic mass is 10.3. The number of benzene rings is 1. The number of fused-ring (bicyclic) bond motifs is 1. The lowest BCUT2D eigenvalue weighted by molar-refractivity contribution is 0.358. The van der Waals surface area contributed by atoms with Gasteiger partial charge in [0.25, 0.3) is 6.01 Å². The van der Waals surface area contributed by atoms with Gasteiger partial charge in [0.05, 0.1) is 19.7 Å². The molecule has 0 aliphatic heterocycles. The quantitative estimate of drug-likeness (QED) is 0.794. The molecule has 0 saturated heterocycles. The second kappa shape index (κ2) is 4.43. The van der Waals surface area contributed by atoms with E-state index in [9.17, 15) is 0 Å². The molecule has 0 bridgehead atoms. The maximum atomic E-state index is 5.29. The lowest BCUT2D eigenvalue weighted by Gasteiger charge is -2.05. The third-order valence-electron chi connectivity index (χ3n) is 2.56.